The predicted molar refractivity (Wildman–Crippen MR) is 204 cm³/mol. The highest BCUT2D eigenvalue weighted by atomic mass is 32.2. The number of nitrogens with one attached hydrogen (secondary N) is 6. The van der Waals surface area contributed by atoms with Gasteiger partial charge in [0.25, 0.3) is 0 Å². The maximum absolute atomic E-state index is 13.2. The van der Waals surface area contributed by atoms with E-state index in [2.05, 4.69) is 32.8 Å². The minimum Gasteiger partial charge on any atom is -0.307 e. The second kappa shape index (κ2) is 16.9. The van der Waals surface area contributed by atoms with Gasteiger partial charge in [0.05, 0.1) is 5.75 Å². The van der Waals surface area contributed by atoms with E-state index in [4.69, 9.17) is 0 Å². The van der Waals surface area contributed by atoms with Gasteiger partial charge in [-0.25, -0.2) is 35.9 Å². The molecule has 0 aliphatic heterocycles. The molecule has 2 aromatic rings. The average Bonchev–Trinajstić information content (AvgIpc) is 3.79. The van der Waals surface area contributed by atoms with E-state index in [9.17, 15) is 45.6 Å². The van der Waals surface area contributed by atoms with E-state index in [-0.39, 0.29) is 24.7 Å². The van der Waals surface area contributed by atoms with Gasteiger partial charge in [-0.2, -0.15) is 0 Å². The second-order valence-corrected chi connectivity index (χ2v) is 18.1. The first kappa shape index (κ1) is 41.3. The Morgan fingerprint density at radius 1 is 0.745 bits per heavy atom. The number of hydrogen-bond acceptors (Lipinski definition) is 10. The van der Waals surface area contributed by atoms with Gasteiger partial charge in [-0.1, -0.05) is 25.5 Å². The predicted octanol–water partition coefficient (Wildman–Crippen LogP) is 2.89. The number of carbonyl (C=O) groups is 6. The van der Waals surface area contributed by atoms with Crippen molar-refractivity contribution in [3.05, 3.63) is 56.6 Å². The van der Waals surface area contributed by atoms with E-state index in [1.165, 1.54) is 6.92 Å². The first-order chi connectivity index (χ1) is 25.9. The molecule has 18 heteroatoms. The Morgan fingerprint density at radius 3 is 2.07 bits per heavy atom. The molecule has 8 amide bonds. The quantitative estimate of drug-likeness (QED) is 0.173. The van der Waals surface area contributed by atoms with Crippen molar-refractivity contribution in [3.8, 4) is 0 Å². The summed E-state index contributed by atoms with van der Waals surface area (Å²) in [7, 11) is -8.53. The SMILES string of the molecule is CCCc1c(C)cc2c(c1NC(=O)NS(=O)(=O)CCCC(=O)NC(C)=O)CC(C1CCc3cc4c(c(NC(=O)NS(=O)(=O)CC(=O)NC(C)=O)c31)CCC4)C2. The molecule has 0 radical (unpaired) electrons. The number of benzene rings is 2. The standard InChI is InChI=1S/C37H48N6O10S2/c1-5-8-27-20(2)15-25-17-26(18-30(25)34(27)40-36(48)42-54(50,51)14-7-11-31(46)38-21(3)44)28-13-12-24-16-23-9-6-10-29(23)35(33(24)28)41-37(49)43-55(52,53)19-32(47)39-22(4)45/h15-16,26,28H,5-14,17-19H2,1-4H3,(H,38,44,46)(H,39,45,47)(H2,40,42,48)(H2,41,43,49). The van der Waals surface area contributed by atoms with Crippen LogP contribution < -0.4 is 30.7 Å². The van der Waals surface area contributed by atoms with Gasteiger partial charge >= 0.3 is 12.1 Å². The molecule has 3 aliphatic rings. The van der Waals surface area contributed by atoms with Crippen LogP contribution in [-0.2, 0) is 77.7 Å². The number of sulfonamides is 2. The van der Waals surface area contributed by atoms with Crippen LogP contribution in [0.2, 0.25) is 0 Å². The molecule has 0 fully saturated rings. The molecular formula is C37H48N6O10S2. The smallest absolute Gasteiger partial charge is 0.307 e. The highest BCUT2D eigenvalue weighted by Gasteiger charge is 2.39. The summed E-state index contributed by atoms with van der Waals surface area (Å²) < 4.78 is 54.8. The van der Waals surface area contributed by atoms with Gasteiger partial charge in [0, 0.05) is 31.6 Å². The van der Waals surface area contributed by atoms with E-state index in [0.29, 0.717) is 37.1 Å². The fraction of sp³-hybridized carbons (Fsp3) is 0.514. The van der Waals surface area contributed by atoms with Crippen LogP contribution in [0.25, 0.3) is 0 Å². The molecule has 2 atom stereocenters. The lowest BCUT2D eigenvalue weighted by Gasteiger charge is -2.24. The number of imide groups is 2. The maximum Gasteiger partial charge on any atom is 0.332 e. The summed E-state index contributed by atoms with van der Waals surface area (Å²) in [6, 6.07) is 2.37. The maximum atomic E-state index is 13.2. The third-order valence-corrected chi connectivity index (χ3v) is 12.7. The Labute approximate surface area is 320 Å². The number of fused-ring (bicyclic) bond motifs is 3. The topological polar surface area (TPSA) is 243 Å². The molecule has 5 rings (SSSR count). The normalized spacial score (nSPS) is 17.0. The highest BCUT2D eigenvalue weighted by Crippen LogP contribution is 2.51. The van der Waals surface area contributed by atoms with Gasteiger partial charge in [0.15, 0.2) is 0 Å². The summed E-state index contributed by atoms with van der Waals surface area (Å²) in [6.45, 7) is 6.21. The summed E-state index contributed by atoms with van der Waals surface area (Å²) >= 11 is 0. The van der Waals surface area contributed by atoms with Crippen molar-refractivity contribution >= 4 is 67.1 Å². The first-order valence-electron chi connectivity index (χ1n) is 18.4. The van der Waals surface area contributed by atoms with Crippen LogP contribution in [0.4, 0.5) is 21.0 Å². The Bertz CT molecular complexity index is 2170. The molecule has 6 N–H and O–H groups in total. The molecule has 0 bridgehead atoms. The lowest BCUT2D eigenvalue weighted by atomic mass is 9.83. The van der Waals surface area contributed by atoms with E-state index in [1.807, 2.05) is 23.9 Å². The van der Waals surface area contributed by atoms with Crippen LogP contribution in [0, 0.1) is 12.8 Å². The lowest BCUT2D eigenvalue weighted by Crippen LogP contribution is -2.42. The zero-order valence-electron chi connectivity index (χ0n) is 31.4. The summed E-state index contributed by atoms with van der Waals surface area (Å²) in [5, 5.41) is 9.63. The fourth-order valence-corrected chi connectivity index (χ4v) is 10.1. The number of urea groups is 2. The molecule has 0 saturated heterocycles. The van der Waals surface area contributed by atoms with Gasteiger partial charge in [0.2, 0.25) is 43.7 Å². The molecule has 55 heavy (non-hydrogen) atoms. The number of hydrogen-bond donors (Lipinski definition) is 6. The summed E-state index contributed by atoms with van der Waals surface area (Å²) in [6.07, 6.45) is 6.26. The van der Waals surface area contributed by atoms with Crippen LogP contribution in [0.1, 0.15) is 103 Å². The third-order valence-electron chi connectivity index (χ3n) is 10.2. The minimum absolute atomic E-state index is 0.0289. The summed E-state index contributed by atoms with van der Waals surface area (Å²) in [4.78, 5) is 72.5. The van der Waals surface area contributed by atoms with Gasteiger partial charge in [-0.15, -0.1) is 0 Å². The molecule has 298 valence electrons. The number of anilines is 2. The van der Waals surface area contributed by atoms with E-state index >= 15 is 0 Å². The van der Waals surface area contributed by atoms with Gasteiger partial charge in [-0.3, -0.25) is 29.8 Å². The monoisotopic (exact) mass is 800 g/mol. The average molecular weight is 801 g/mol. The van der Waals surface area contributed by atoms with Gasteiger partial charge < -0.3 is 10.6 Å². The third kappa shape index (κ3) is 10.3. The van der Waals surface area contributed by atoms with Crippen LogP contribution in [0.5, 0.6) is 0 Å². The number of aryl methyl sites for hydroxylation is 3. The molecule has 0 aromatic heterocycles. The number of amides is 8. The van der Waals surface area contributed by atoms with Crippen molar-refractivity contribution in [1.82, 2.24) is 20.1 Å². The zero-order chi connectivity index (χ0) is 40.2. The molecule has 16 nitrogen and oxygen atoms in total. The van der Waals surface area contributed by atoms with Crippen molar-refractivity contribution in [2.24, 2.45) is 5.92 Å². The zero-order valence-corrected chi connectivity index (χ0v) is 33.0. The fourth-order valence-electron chi connectivity index (χ4n) is 8.27. The Kier molecular flexibility index (Phi) is 12.7. The molecule has 0 heterocycles. The molecule has 2 unspecified atom stereocenters. The van der Waals surface area contributed by atoms with E-state index in [0.717, 1.165) is 83.5 Å². The van der Waals surface area contributed by atoms with Crippen LogP contribution in [-0.4, -0.2) is 64.0 Å². The lowest BCUT2D eigenvalue weighted by molar-refractivity contribution is -0.130. The number of carbonyl (C=O) groups excluding carboxylic acids is 6. The van der Waals surface area contributed by atoms with Crippen LogP contribution >= 0.6 is 0 Å². The molecular weight excluding hydrogens is 753 g/mol. The molecule has 2 aromatic carbocycles. The summed E-state index contributed by atoms with van der Waals surface area (Å²) in [5.74, 6) is -4.53. The van der Waals surface area contributed by atoms with E-state index < -0.39 is 67.2 Å². The Hall–Kier alpha value is -4.84. The van der Waals surface area contributed by atoms with Crippen molar-refractivity contribution in [1.29, 1.82) is 0 Å². The van der Waals surface area contributed by atoms with Crippen molar-refractivity contribution in [2.45, 2.75) is 104 Å². The molecule has 0 saturated carbocycles. The van der Waals surface area contributed by atoms with E-state index in [1.54, 1.807) is 0 Å². The summed E-state index contributed by atoms with van der Waals surface area (Å²) in [5.41, 5.74) is 8.99. The molecule has 0 spiro atoms. The van der Waals surface area contributed by atoms with Crippen LogP contribution in [0.15, 0.2) is 12.1 Å². The van der Waals surface area contributed by atoms with Crippen LogP contribution in [0.3, 0.4) is 0 Å². The van der Waals surface area contributed by atoms with Gasteiger partial charge in [-0.05, 0) is 121 Å². The first-order valence-corrected chi connectivity index (χ1v) is 21.7. The van der Waals surface area contributed by atoms with Crippen molar-refractivity contribution < 1.29 is 45.6 Å². The van der Waals surface area contributed by atoms with Crippen molar-refractivity contribution in [3.63, 3.8) is 0 Å². The molecule has 3 aliphatic carbocycles. The Morgan fingerprint density at radius 2 is 1.40 bits per heavy atom. The highest BCUT2D eigenvalue weighted by molar-refractivity contribution is 7.90. The minimum atomic E-state index is -4.42. The largest absolute Gasteiger partial charge is 0.332 e. The second-order valence-electron chi connectivity index (χ2n) is 14.6. The Balaban J connectivity index is 1.37. The van der Waals surface area contributed by atoms with Crippen molar-refractivity contribution in [2.75, 3.05) is 22.1 Å². The number of rotatable bonds is 13. The van der Waals surface area contributed by atoms with Gasteiger partial charge in [0.1, 0.15) is 5.75 Å².